The zero-order valence-corrected chi connectivity index (χ0v) is 61.2. The average molecular weight is 1460 g/mol. The molecule has 0 saturated heterocycles. The summed E-state index contributed by atoms with van der Waals surface area (Å²) in [5.41, 5.74) is 25.1. The highest BCUT2D eigenvalue weighted by atomic mass is 16.3. The lowest BCUT2D eigenvalue weighted by Gasteiger charge is -2.12. The number of fused-ring (bicyclic) bond motifs is 16. The second-order valence-electron chi connectivity index (χ2n) is 28.7. The zero-order chi connectivity index (χ0) is 75.2. The maximum Gasteiger partial charge on any atom is 0.164 e. The lowest BCUT2D eigenvalue weighted by Crippen LogP contribution is -2.00. The van der Waals surface area contributed by atoms with Gasteiger partial charge in [-0.2, -0.15) is 0 Å². The number of benzene rings is 15. The van der Waals surface area contributed by atoms with Gasteiger partial charge in [0.1, 0.15) is 22.2 Å². The second-order valence-corrected chi connectivity index (χ2v) is 28.7. The number of hydrogen-bond donors (Lipinski definition) is 0. The first kappa shape index (κ1) is 65.5. The predicted octanol–water partition coefficient (Wildman–Crippen LogP) is 26.4. The Morgan fingerprint density at radius 1 is 0.202 bits per heavy atom. The van der Waals surface area contributed by atoms with Crippen LogP contribution < -0.4 is 0 Å². The Morgan fingerprint density at radius 3 is 0.939 bits per heavy atom. The van der Waals surface area contributed by atoms with E-state index in [4.69, 9.17) is 43.7 Å². The molecule has 0 N–H and O–H groups in total. The molecular formula is C103H63N9O2. The third-order valence-corrected chi connectivity index (χ3v) is 21.8. The zero-order valence-electron chi connectivity index (χ0n) is 61.2. The molecule has 0 radical (unpaired) electrons. The Labute approximate surface area is 653 Å². The first-order valence-electron chi connectivity index (χ1n) is 38.2. The molecule has 0 atom stereocenters. The molecule has 11 heteroatoms. The SMILES string of the molecule is c1ccc(-c2cc(-c3ccc(-n4c5ccccc5c5oc6c7ccccc7nc(-c7ccc8ccccc8c7)c6c54)cc3)nc(-c3ccccc3)n2)cc1.c1ccc(-c2nc(-c3ccccc3)nc(-c3ccc(-c4ccc(-n5c6ccccc6c6oc7c8ccccc8nc(-c8ccc9ccccc9c8)c7c65)cc4)cc3)n2)cc1. The second kappa shape index (κ2) is 27.2. The molecule has 532 valence electrons. The largest absolute Gasteiger partial charge is 0.453 e. The van der Waals surface area contributed by atoms with E-state index in [2.05, 4.69) is 282 Å². The first-order valence-corrected chi connectivity index (χ1v) is 38.2. The predicted molar refractivity (Wildman–Crippen MR) is 465 cm³/mol. The molecule has 0 fully saturated rings. The van der Waals surface area contributed by atoms with E-state index in [0.29, 0.717) is 23.3 Å². The van der Waals surface area contributed by atoms with Gasteiger partial charge in [0.2, 0.25) is 0 Å². The molecule has 8 aromatic heterocycles. The number of aromatic nitrogens is 9. The van der Waals surface area contributed by atoms with Gasteiger partial charge in [-0.15, -0.1) is 0 Å². The summed E-state index contributed by atoms with van der Waals surface area (Å²) in [6.07, 6.45) is 0. The fraction of sp³-hybridized carbons (Fsp3) is 0. The van der Waals surface area contributed by atoms with Gasteiger partial charge in [0.15, 0.2) is 34.5 Å². The fourth-order valence-electron chi connectivity index (χ4n) is 16.3. The van der Waals surface area contributed by atoms with Gasteiger partial charge in [0, 0.05) is 77.4 Å². The third kappa shape index (κ3) is 11.3. The summed E-state index contributed by atoms with van der Waals surface area (Å²) < 4.78 is 18.6. The topological polar surface area (TPSA) is 126 Å². The number of hydrogen-bond acceptors (Lipinski definition) is 9. The molecule has 0 aliphatic carbocycles. The molecule has 0 amide bonds. The van der Waals surface area contributed by atoms with Gasteiger partial charge in [-0.05, 0) is 124 Å². The van der Waals surface area contributed by atoms with E-state index in [0.717, 1.165) is 178 Å². The van der Waals surface area contributed by atoms with Crippen molar-refractivity contribution in [2.45, 2.75) is 0 Å². The summed E-state index contributed by atoms with van der Waals surface area (Å²) in [5, 5.41) is 10.8. The number of pyridine rings is 2. The van der Waals surface area contributed by atoms with Gasteiger partial charge in [0.25, 0.3) is 0 Å². The molecule has 0 aliphatic rings. The minimum absolute atomic E-state index is 0.630. The van der Waals surface area contributed by atoms with Gasteiger partial charge in [-0.25, -0.2) is 34.9 Å². The molecule has 0 aliphatic heterocycles. The summed E-state index contributed by atoms with van der Waals surface area (Å²) in [6.45, 7) is 0. The summed E-state index contributed by atoms with van der Waals surface area (Å²) >= 11 is 0. The van der Waals surface area contributed by atoms with E-state index in [-0.39, 0.29) is 0 Å². The Bertz CT molecular complexity index is 7570. The summed E-state index contributed by atoms with van der Waals surface area (Å²) in [6, 6.07) is 132. The van der Waals surface area contributed by atoms with E-state index in [1.54, 1.807) is 0 Å². The number of para-hydroxylation sites is 4. The highest BCUT2D eigenvalue weighted by Gasteiger charge is 2.28. The Balaban J connectivity index is 0.000000140. The highest BCUT2D eigenvalue weighted by molar-refractivity contribution is 6.26. The van der Waals surface area contributed by atoms with Crippen LogP contribution in [-0.2, 0) is 0 Å². The molecule has 11 nitrogen and oxygen atoms in total. The summed E-state index contributed by atoms with van der Waals surface area (Å²) in [5.74, 6) is 2.61. The van der Waals surface area contributed by atoms with Crippen molar-refractivity contribution in [3.8, 4) is 113 Å². The van der Waals surface area contributed by atoms with Crippen molar-refractivity contribution in [3.63, 3.8) is 0 Å². The van der Waals surface area contributed by atoms with Crippen LogP contribution in [0, 0.1) is 0 Å². The number of furan rings is 2. The van der Waals surface area contributed by atoms with Gasteiger partial charge in [-0.3, -0.25) is 0 Å². The van der Waals surface area contributed by atoms with Crippen LogP contribution >= 0.6 is 0 Å². The molecule has 15 aromatic carbocycles. The maximum atomic E-state index is 6.96. The summed E-state index contributed by atoms with van der Waals surface area (Å²) in [4.78, 5) is 35.5. The van der Waals surface area contributed by atoms with Crippen LogP contribution in [0.2, 0.25) is 0 Å². The van der Waals surface area contributed by atoms with E-state index in [1.165, 1.54) is 21.5 Å². The summed E-state index contributed by atoms with van der Waals surface area (Å²) in [7, 11) is 0. The molecule has 114 heavy (non-hydrogen) atoms. The van der Waals surface area contributed by atoms with Crippen LogP contribution in [-0.4, -0.2) is 44.0 Å². The van der Waals surface area contributed by atoms with Crippen LogP contribution in [0.1, 0.15) is 0 Å². The van der Waals surface area contributed by atoms with Crippen LogP contribution in [0.3, 0.4) is 0 Å². The normalized spacial score (nSPS) is 11.7. The Morgan fingerprint density at radius 2 is 0.509 bits per heavy atom. The van der Waals surface area contributed by atoms with E-state index in [1.807, 2.05) is 109 Å². The van der Waals surface area contributed by atoms with Crippen molar-refractivity contribution in [2.24, 2.45) is 0 Å². The smallest absolute Gasteiger partial charge is 0.164 e. The lowest BCUT2D eigenvalue weighted by atomic mass is 10.0. The minimum atomic E-state index is 0.630. The molecular weight excluding hydrogens is 1400 g/mol. The number of nitrogens with zero attached hydrogens (tertiary/aromatic N) is 9. The van der Waals surface area contributed by atoms with Gasteiger partial charge in [0.05, 0.1) is 55.6 Å². The van der Waals surface area contributed by atoms with Crippen molar-refractivity contribution < 1.29 is 8.83 Å². The molecule has 0 saturated carbocycles. The van der Waals surface area contributed by atoms with Crippen molar-refractivity contribution in [1.29, 1.82) is 0 Å². The molecule has 23 rings (SSSR count). The van der Waals surface area contributed by atoms with Crippen LogP contribution in [0.15, 0.2) is 391 Å². The molecule has 8 heterocycles. The Kier molecular flexibility index (Phi) is 15.6. The highest BCUT2D eigenvalue weighted by Crippen LogP contribution is 2.48. The Hall–Kier alpha value is -15.6. The van der Waals surface area contributed by atoms with Gasteiger partial charge < -0.3 is 18.0 Å². The van der Waals surface area contributed by atoms with E-state index >= 15 is 0 Å². The van der Waals surface area contributed by atoms with Crippen LogP contribution in [0.25, 0.3) is 222 Å². The van der Waals surface area contributed by atoms with Crippen molar-refractivity contribution in [1.82, 2.24) is 44.0 Å². The molecule has 0 bridgehead atoms. The minimum Gasteiger partial charge on any atom is -0.453 e. The maximum absolute atomic E-state index is 6.96. The van der Waals surface area contributed by atoms with Crippen molar-refractivity contribution in [3.05, 3.63) is 382 Å². The first-order chi connectivity index (χ1) is 56.5. The molecule has 0 spiro atoms. The van der Waals surface area contributed by atoms with Gasteiger partial charge in [-0.1, -0.05) is 291 Å². The van der Waals surface area contributed by atoms with E-state index in [9.17, 15) is 0 Å². The van der Waals surface area contributed by atoms with Crippen molar-refractivity contribution >= 4 is 109 Å². The van der Waals surface area contributed by atoms with Crippen LogP contribution in [0.4, 0.5) is 0 Å². The van der Waals surface area contributed by atoms with Crippen LogP contribution in [0.5, 0.6) is 0 Å². The molecule has 23 aromatic rings. The monoisotopic (exact) mass is 1460 g/mol. The standard InChI is InChI=1S/C54H33N5O.C49H30N4O/c1-3-14-37(15-4-1)52-56-53(38-16-5-2-6-17-38)58-54(57-52)39-26-23-35(24-27-39)36-29-31-42(32-30-36)59-46-22-12-10-20-44(46)51-49(59)47-48(41-28-25-34-13-7-8-18-40(34)33-41)55-45-21-11-9-19-43(45)50(47)60-51;1-3-14-32(15-4-1)41-30-42(52-49(51-41)34-16-5-2-6-17-34)33-25-27-37(28-26-33)53-43-22-12-10-20-39(43)48-46(53)44-45(36-24-23-31-13-7-8-18-35(31)29-36)50-40-21-11-9-19-38(40)47(44)54-48/h1-33H;1-30H. The quantitative estimate of drug-likeness (QED) is 0.124. The third-order valence-electron chi connectivity index (χ3n) is 21.8. The van der Waals surface area contributed by atoms with Gasteiger partial charge >= 0.3 is 0 Å². The fourth-order valence-corrected chi connectivity index (χ4v) is 16.3. The van der Waals surface area contributed by atoms with E-state index < -0.39 is 0 Å². The number of rotatable bonds is 11. The molecule has 0 unspecified atom stereocenters. The van der Waals surface area contributed by atoms with Crippen molar-refractivity contribution in [2.75, 3.05) is 0 Å². The lowest BCUT2D eigenvalue weighted by molar-refractivity contribution is 0.676. The average Bonchev–Trinajstić information content (AvgIpc) is 1.55.